The number of phenolic OH excluding ortho intramolecular Hbond substituents is 1. The summed E-state index contributed by atoms with van der Waals surface area (Å²) in [6, 6.07) is 7.86. The van der Waals surface area contributed by atoms with Crippen molar-refractivity contribution in [3.05, 3.63) is 29.8 Å². The summed E-state index contributed by atoms with van der Waals surface area (Å²) in [5.41, 5.74) is 6.70. The van der Waals surface area contributed by atoms with Gasteiger partial charge in [0, 0.05) is 18.2 Å². The Bertz CT molecular complexity index is 354. The van der Waals surface area contributed by atoms with Crippen molar-refractivity contribution in [2.45, 2.75) is 19.4 Å². The number of benzene rings is 1. The third-order valence-electron chi connectivity index (χ3n) is 3.59. The number of phenols is 1. The Balaban J connectivity index is 2.08. The number of nitrogens with two attached hydrogens (primary N) is 1. The molecule has 0 aromatic heterocycles. The van der Waals surface area contributed by atoms with E-state index in [1.165, 1.54) is 6.42 Å². The highest BCUT2D eigenvalue weighted by atomic mass is 16.3. The second-order valence-corrected chi connectivity index (χ2v) is 4.62. The number of likely N-dealkylation sites (tertiary alicyclic amines) is 1. The number of nitrogens with zero attached hydrogens (tertiary/aromatic N) is 1. The highest BCUT2D eigenvalue weighted by Gasteiger charge is 2.26. The van der Waals surface area contributed by atoms with Crippen LogP contribution in [0.25, 0.3) is 0 Å². The molecule has 2 atom stereocenters. The molecule has 2 rings (SSSR count). The van der Waals surface area contributed by atoms with E-state index in [4.69, 9.17) is 5.73 Å². The first-order valence-corrected chi connectivity index (χ1v) is 5.94. The summed E-state index contributed by atoms with van der Waals surface area (Å²) in [5.74, 6) is 1.01. The lowest BCUT2D eigenvalue weighted by molar-refractivity contribution is 0.248. The summed E-state index contributed by atoms with van der Waals surface area (Å²) in [5, 5.41) is 9.81. The highest BCUT2D eigenvalue weighted by Crippen LogP contribution is 2.31. The van der Waals surface area contributed by atoms with E-state index in [9.17, 15) is 5.11 Å². The quantitative estimate of drug-likeness (QED) is 0.815. The summed E-state index contributed by atoms with van der Waals surface area (Å²) in [7, 11) is 0. The molecule has 1 heterocycles. The lowest BCUT2D eigenvalue weighted by Crippen LogP contribution is -2.26. The molecule has 1 aliphatic rings. The third kappa shape index (κ3) is 2.20. The van der Waals surface area contributed by atoms with Gasteiger partial charge in [-0.2, -0.15) is 0 Å². The molecule has 88 valence electrons. The van der Waals surface area contributed by atoms with Crippen molar-refractivity contribution < 1.29 is 5.11 Å². The number of aromatic hydroxyl groups is 1. The van der Waals surface area contributed by atoms with Crippen molar-refractivity contribution in [2.75, 3.05) is 19.6 Å². The monoisotopic (exact) mass is 220 g/mol. The predicted molar refractivity (Wildman–Crippen MR) is 65.3 cm³/mol. The lowest BCUT2D eigenvalue weighted by atomic mass is 10.1. The smallest absolute Gasteiger partial charge is 0.120 e. The molecular formula is C13H20N2O. The van der Waals surface area contributed by atoms with Crippen LogP contribution in [0.4, 0.5) is 0 Å². The van der Waals surface area contributed by atoms with Crippen LogP contribution in [0.3, 0.4) is 0 Å². The first kappa shape index (κ1) is 11.4. The molecule has 0 bridgehead atoms. The zero-order chi connectivity index (χ0) is 11.5. The zero-order valence-corrected chi connectivity index (χ0v) is 9.76. The van der Waals surface area contributed by atoms with Crippen molar-refractivity contribution in [3.63, 3.8) is 0 Å². The number of hydrogen-bond acceptors (Lipinski definition) is 3. The summed E-state index contributed by atoms with van der Waals surface area (Å²) in [4.78, 5) is 2.40. The van der Waals surface area contributed by atoms with Gasteiger partial charge in [0.15, 0.2) is 0 Å². The van der Waals surface area contributed by atoms with Gasteiger partial charge in [-0.15, -0.1) is 0 Å². The van der Waals surface area contributed by atoms with Gasteiger partial charge in [0.05, 0.1) is 0 Å². The molecule has 0 amide bonds. The maximum Gasteiger partial charge on any atom is 0.120 e. The second-order valence-electron chi connectivity index (χ2n) is 4.62. The van der Waals surface area contributed by atoms with E-state index in [-0.39, 0.29) is 6.04 Å². The highest BCUT2D eigenvalue weighted by molar-refractivity contribution is 5.34. The van der Waals surface area contributed by atoms with Crippen LogP contribution >= 0.6 is 0 Å². The molecule has 1 fully saturated rings. The summed E-state index contributed by atoms with van der Waals surface area (Å²) in [6.45, 7) is 5.04. The van der Waals surface area contributed by atoms with E-state index in [0.29, 0.717) is 11.7 Å². The first-order valence-electron chi connectivity index (χ1n) is 5.94. The molecule has 0 aliphatic carbocycles. The Morgan fingerprint density at radius 3 is 2.88 bits per heavy atom. The van der Waals surface area contributed by atoms with Gasteiger partial charge >= 0.3 is 0 Å². The van der Waals surface area contributed by atoms with Crippen LogP contribution < -0.4 is 5.73 Å². The van der Waals surface area contributed by atoms with Crippen LogP contribution in [0.2, 0.25) is 0 Å². The van der Waals surface area contributed by atoms with Gasteiger partial charge in [-0.3, -0.25) is 4.90 Å². The fourth-order valence-corrected chi connectivity index (χ4v) is 2.44. The van der Waals surface area contributed by atoms with Crippen molar-refractivity contribution in [2.24, 2.45) is 11.7 Å². The normalized spacial score (nSPS) is 23.5. The minimum absolute atomic E-state index is 0.276. The summed E-state index contributed by atoms with van der Waals surface area (Å²) in [6.07, 6.45) is 1.18. The third-order valence-corrected chi connectivity index (χ3v) is 3.59. The molecule has 0 spiro atoms. The zero-order valence-electron chi connectivity index (χ0n) is 9.76. The van der Waals surface area contributed by atoms with Crippen molar-refractivity contribution in [3.8, 4) is 5.75 Å². The molecule has 3 nitrogen and oxygen atoms in total. The fourth-order valence-electron chi connectivity index (χ4n) is 2.44. The molecule has 1 saturated heterocycles. The maximum absolute atomic E-state index is 9.81. The van der Waals surface area contributed by atoms with E-state index >= 15 is 0 Å². The van der Waals surface area contributed by atoms with E-state index in [1.54, 1.807) is 6.07 Å². The molecule has 1 aliphatic heterocycles. The number of para-hydroxylation sites is 1. The largest absolute Gasteiger partial charge is 0.508 e. The molecule has 0 radical (unpaired) electrons. The van der Waals surface area contributed by atoms with E-state index in [1.807, 2.05) is 18.2 Å². The Hall–Kier alpha value is -1.06. The van der Waals surface area contributed by atoms with Crippen molar-refractivity contribution in [1.29, 1.82) is 0 Å². The van der Waals surface area contributed by atoms with Gasteiger partial charge in [0.25, 0.3) is 0 Å². The van der Waals surface area contributed by atoms with Gasteiger partial charge in [-0.1, -0.05) is 18.2 Å². The average Bonchev–Trinajstić information content (AvgIpc) is 2.77. The minimum Gasteiger partial charge on any atom is -0.508 e. The Kier molecular flexibility index (Phi) is 3.46. The predicted octanol–water partition coefficient (Wildman–Crippen LogP) is 1.73. The molecule has 1 aromatic carbocycles. The van der Waals surface area contributed by atoms with Gasteiger partial charge in [-0.25, -0.2) is 0 Å². The maximum atomic E-state index is 9.81. The van der Waals surface area contributed by atoms with Crippen LogP contribution in [0.5, 0.6) is 5.75 Å². The summed E-state index contributed by atoms with van der Waals surface area (Å²) < 4.78 is 0. The van der Waals surface area contributed by atoms with Crippen LogP contribution in [-0.4, -0.2) is 29.6 Å². The van der Waals surface area contributed by atoms with Gasteiger partial charge < -0.3 is 10.8 Å². The van der Waals surface area contributed by atoms with E-state index in [2.05, 4.69) is 11.8 Å². The van der Waals surface area contributed by atoms with Gasteiger partial charge in [0.1, 0.15) is 5.75 Å². The number of hydrogen-bond donors (Lipinski definition) is 2. The van der Waals surface area contributed by atoms with E-state index in [0.717, 1.165) is 25.2 Å². The number of rotatable bonds is 3. The average molecular weight is 220 g/mol. The van der Waals surface area contributed by atoms with Crippen LogP contribution in [-0.2, 0) is 0 Å². The van der Waals surface area contributed by atoms with Crippen molar-refractivity contribution in [1.82, 2.24) is 4.90 Å². The van der Waals surface area contributed by atoms with Crippen molar-refractivity contribution >= 4 is 0 Å². The molecular weight excluding hydrogens is 200 g/mol. The summed E-state index contributed by atoms with van der Waals surface area (Å²) >= 11 is 0. The molecule has 1 aromatic rings. The Morgan fingerprint density at radius 2 is 2.25 bits per heavy atom. The SMILES string of the molecule is CC(c1ccccc1O)N1CCC(CN)C1. The lowest BCUT2D eigenvalue weighted by Gasteiger charge is -2.25. The molecule has 3 N–H and O–H groups in total. The van der Waals surface area contributed by atoms with Crippen LogP contribution in [0.15, 0.2) is 24.3 Å². The molecule has 0 saturated carbocycles. The minimum atomic E-state index is 0.276. The van der Waals surface area contributed by atoms with Crippen LogP contribution in [0, 0.1) is 5.92 Å². The molecule has 16 heavy (non-hydrogen) atoms. The molecule has 2 unspecified atom stereocenters. The first-order chi connectivity index (χ1) is 7.72. The fraction of sp³-hybridized carbons (Fsp3) is 0.538. The standard InChI is InChI=1S/C13H20N2O/c1-10(12-4-2-3-5-13(12)16)15-7-6-11(8-14)9-15/h2-5,10-11,16H,6-9,14H2,1H3. The van der Waals surface area contributed by atoms with Crippen LogP contribution in [0.1, 0.15) is 24.9 Å². The topological polar surface area (TPSA) is 49.5 Å². The Morgan fingerprint density at radius 1 is 1.50 bits per heavy atom. The molecule has 3 heteroatoms. The van der Waals surface area contributed by atoms with Gasteiger partial charge in [0.2, 0.25) is 0 Å². The van der Waals surface area contributed by atoms with Gasteiger partial charge in [-0.05, 0) is 38.4 Å². The Labute approximate surface area is 96.9 Å². The second kappa shape index (κ2) is 4.85. The van der Waals surface area contributed by atoms with E-state index < -0.39 is 0 Å².